The molecule has 0 aliphatic heterocycles. The van der Waals surface area contributed by atoms with Crippen LogP contribution < -0.4 is 0 Å². The molecule has 0 saturated carbocycles. The smallest absolute Gasteiger partial charge is 0.414 e. The van der Waals surface area contributed by atoms with Crippen molar-refractivity contribution in [3.8, 4) is 0 Å². The monoisotopic (exact) mass is 445 g/mol. The Balaban J connectivity index is 2.13. The lowest BCUT2D eigenvalue weighted by molar-refractivity contribution is -0.117. The van der Waals surface area contributed by atoms with Crippen molar-refractivity contribution in [3.63, 3.8) is 0 Å². The van der Waals surface area contributed by atoms with E-state index in [9.17, 15) is 9.59 Å². The molecule has 6 heteroatoms. The highest BCUT2D eigenvalue weighted by Crippen LogP contribution is 2.37. The second kappa shape index (κ2) is 9.70. The lowest BCUT2D eigenvalue weighted by Gasteiger charge is -2.36. The van der Waals surface area contributed by atoms with Crippen LogP contribution in [0.4, 0.5) is 4.79 Å². The number of amides is 1. The van der Waals surface area contributed by atoms with Gasteiger partial charge in [0.05, 0.1) is 13.0 Å². The summed E-state index contributed by atoms with van der Waals surface area (Å²) in [5, 5.41) is 0.160. The quantitative estimate of drug-likeness (QED) is 0.341. The van der Waals surface area contributed by atoms with E-state index in [4.69, 9.17) is 9.16 Å². The number of rotatable bonds is 8. The molecule has 0 atom stereocenters. The van der Waals surface area contributed by atoms with Gasteiger partial charge in [0.25, 0.3) is 0 Å². The minimum absolute atomic E-state index is 0.115. The first kappa shape index (κ1) is 25.3. The maximum atomic E-state index is 13.0. The summed E-state index contributed by atoms with van der Waals surface area (Å²) in [5.41, 5.74) is 1.93. The van der Waals surface area contributed by atoms with Gasteiger partial charge in [-0.3, -0.25) is 9.69 Å². The van der Waals surface area contributed by atoms with Gasteiger partial charge in [-0.05, 0) is 57.3 Å². The lowest BCUT2D eigenvalue weighted by Crippen LogP contribution is -2.41. The van der Waals surface area contributed by atoms with E-state index in [1.54, 1.807) is 4.90 Å². The number of allylic oxidation sites excluding steroid dienone is 2. The van der Waals surface area contributed by atoms with Crippen LogP contribution >= 0.6 is 0 Å². The van der Waals surface area contributed by atoms with Crippen LogP contribution in [0.25, 0.3) is 0 Å². The van der Waals surface area contributed by atoms with Crippen LogP contribution in [0.3, 0.4) is 0 Å². The van der Waals surface area contributed by atoms with E-state index in [2.05, 4.69) is 33.9 Å². The molecule has 1 amide bonds. The molecule has 1 aromatic carbocycles. The Labute approximate surface area is 188 Å². The summed E-state index contributed by atoms with van der Waals surface area (Å²) < 4.78 is 11.9. The normalized spacial score (nSPS) is 15.0. The van der Waals surface area contributed by atoms with Crippen LogP contribution in [0.2, 0.25) is 18.1 Å². The van der Waals surface area contributed by atoms with Crippen LogP contribution in [-0.2, 0) is 20.5 Å². The first-order valence-electron chi connectivity index (χ1n) is 11.1. The second-order valence-corrected chi connectivity index (χ2v) is 15.6. The number of carbonyl (C=O) groups is 2. The number of hydrogen-bond acceptors (Lipinski definition) is 4. The zero-order valence-corrected chi connectivity index (χ0v) is 21.5. The summed E-state index contributed by atoms with van der Waals surface area (Å²) in [6.07, 6.45) is 1.26. The predicted octanol–water partition coefficient (Wildman–Crippen LogP) is 6.45. The minimum Gasteiger partial charge on any atom is -0.443 e. The molecule has 31 heavy (non-hydrogen) atoms. The van der Waals surface area contributed by atoms with Gasteiger partial charge in [-0.25, -0.2) is 4.79 Å². The minimum atomic E-state index is -1.81. The zero-order valence-electron chi connectivity index (χ0n) is 20.5. The molecule has 0 fully saturated rings. The molecule has 2 rings (SSSR count). The third-order valence-electron chi connectivity index (χ3n) is 5.98. The Bertz CT molecular complexity index is 816. The lowest BCUT2D eigenvalue weighted by atomic mass is 9.88. The average molecular weight is 446 g/mol. The van der Waals surface area contributed by atoms with Gasteiger partial charge >= 0.3 is 6.09 Å². The molecule has 0 aromatic heterocycles. The fraction of sp³-hybridized carbons (Fsp3) is 0.600. The molecule has 1 aliphatic carbocycles. The fourth-order valence-corrected chi connectivity index (χ4v) is 4.20. The van der Waals surface area contributed by atoms with E-state index < -0.39 is 20.0 Å². The van der Waals surface area contributed by atoms with Crippen molar-refractivity contribution in [2.45, 2.75) is 91.1 Å². The molecular weight excluding hydrogens is 406 g/mol. The number of Topliss-reactive ketones (excluding diaryl/α,β-unsaturated/α-hetero) is 1. The summed E-state index contributed by atoms with van der Waals surface area (Å²) in [6, 6.07) is 9.79. The highest BCUT2D eigenvalue weighted by atomic mass is 28.4. The van der Waals surface area contributed by atoms with Gasteiger partial charge in [-0.1, -0.05) is 51.1 Å². The topological polar surface area (TPSA) is 55.8 Å². The molecule has 0 radical (unpaired) electrons. The van der Waals surface area contributed by atoms with E-state index >= 15 is 0 Å². The van der Waals surface area contributed by atoms with Crippen LogP contribution in [0.1, 0.15) is 66.4 Å². The number of ketones is 1. The van der Waals surface area contributed by atoms with E-state index in [0.717, 1.165) is 23.3 Å². The predicted molar refractivity (Wildman–Crippen MR) is 127 cm³/mol. The zero-order chi connectivity index (χ0) is 23.4. The third-order valence-corrected chi connectivity index (χ3v) is 10.5. The number of carbonyl (C=O) groups excluding carboxylic acids is 2. The van der Waals surface area contributed by atoms with E-state index in [1.165, 1.54) is 0 Å². The van der Waals surface area contributed by atoms with Crippen molar-refractivity contribution in [1.82, 2.24) is 4.90 Å². The number of benzene rings is 1. The first-order chi connectivity index (χ1) is 14.2. The van der Waals surface area contributed by atoms with Gasteiger partial charge in [0.15, 0.2) is 14.1 Å². The largest absolute Gasteiger partial charge is 0.443 e. The SMILES string of the molecule is CC(C)(C)OC(=O)N(Cc1ccccc1)C1=C(CCCO[Si](C)(C)C(C)(C)C)C(=O)C1. The third kappa shape index (κ3) is 7.04. The molecule has 0 heterocycles. The second-order valence-electron chi connectivity index (χ2n) is 10.8. The van der Waals surface area contributed by atoms with Crippen molar-refractivity contribution in [2.24, 2.45) is 0 Å². The summed E-state index contributed by atoms with van der Waals surface area (Å²) in [4.78, 5) is 27.0. The van der Waals surface area contributed by atoms with Gasteiger partial charge in [0.1, 0.15) is 5.60 Å². The Kier molecular flexibility index (Phi) is 7.92. The molecule has 0 saturated heterocycles. The molecule has 0 bridgehead atoms. The summed E-state index contributed by atoms with van der Waals surface area (Å²) in [6.45, 7) is 17.7. The van der Waals surface area contributed by atoms with E-state index in [1.807, 2.05) is 51.1 Å². The molecule has 0 unspecified atom stereocenters. The van der Waals surface area contributed by atoms with Crippen LogP contribution in [0.15, 0.2) is 41.6 Å². The first-order valence-corrected chi connectivity index (χ1v) is 14.1. The molecular formula is C25H39NO4Si. The van der Waals surface area contributed by atoms with Gasteiger partial charge in [-0.2, -0.15) is 0 Å². The molecule has 5 nitrogen and oxygen atoms in total. The Hall–Kier alpha value is -1.92. The highest BCUT2D eigenvalue weighted by Gasteiger charge is 2.38. The van der Waals surface area contributed by atoms with Gasteiger partial charge < -0.3 is 9.16 Å². The standard InChI is InChI=1S/C25H39NO4Si/c1-24(2,3)30-23(28)26(18-19-13-10-9-11-14-19)21-17-22(27)20(21)15-12-16-29-31(7,8)25(4,5)6/h9-11,13-14H,12,15-18H2,1-8H3. The number of hydrogen-bond donors (Lipinski definition) is 0. The van der Waals surface area contributed by atoms with Gasteiger partial charge in [0.2, 0.25) is 0 Å². The highest BCUT2D eigenvalue weighted by molar-refractivity contribution is 6.74. The Morgan fingerprint density at radius 2 is 1.68 bits per heavy atom. The van der Waals surface area contributed by atoms with Crippen LogP contribution in [-0.4, -0.2) is 37.3 Å². The van der Waals surface area contributed by atoms with Crippen LogP contribution in [0, 0.1) is 0 Å². The van der Waals surface area contributed by atoms with Gasteiger partial charge in [0, 0.05) is 17.9 Å². The van der Waals surface area contributed by atoms with Crippen LogP contribution in [0.5, 0.6) is 0 Å². The summed E-state index contributed by atoms with van der Waals surface area (Å²) >= 11 is 0. The van der Waals surface area contributed by atoms with E-state index in [-0.39, 0.29) is 17.2 Å². The van der Waals surface area contributed by atoms with Crippen molar-refractivity contribution in [2.75, 3.05) is 6.61 Å². The molecule has 1 aliphatic rings. The summed E-state index contributed by atoms with van der Waals surface area (Å²) in [7, 11) is -1.81. The molecule has 1 aromatic rings. The fourth-order valence-electron chi connectivity index (χ4n) is 3.11. The van der Waals surface area contributed by atoms with Crippen molar-refractivity contribution in [3.05, 3.63) is 47.2 Å². The number of nitrogens with zero attached hydrogens (tertiary/aromatic N) is 1. The number of ether oxygens (including phenoxy) is 1. The van der Waals surface area contributed by atoms with E-state index in [0.29, 0.717) is 19.6 Å². The Morgan fingerprint density at radius 3 is 2.19 bits per heavy atom. The molecule has 0 N–H and O–H groups in total. The van der Waals surface area contributed by atoms with Gasteiger partial charge in [-0.15, -0.1) is 0 Å². The van der Waals surface area contributed by atoms with Crippen molar-refractivity contribution < 1.29 is 18.8 Å². The Morgan fingerprint density at radius 1 is 1.06 bits per heavy atom. The maximum Gasteiger partial charge on any atom is 0.414 e. The average Bonchev–Trinajstić information content (AvgIpc) is 2.62. The summed E-state index contributed by atoms with van der Waals surface area (Å²) in [5.74, 6) is 0.115. The van der Waals surface area contributed by atoms with Crippen molar-refractivity contribution >= 4 is 20.2 Å². The van der Waals surface area contributed by atoms with Crippen molar-refractivity contribution in [1.29, 1.82) is 0 Å². The molecule has 0 spiro atoms. The maximum absolute atomic E-state index is 13.0. The molecule has 172 valence electrons.